The first-order valence-electron chi connectivity index (χ1n) is 6.61. The van der Waals surface area contributed by atoms with E-state index in [0.717, 1.165) is 25.1 Å². The van der Waals surface area contributed by atoms with Gasteiger partial charge in [-0.3, -0.25) is 4.79 Å². The molecular weight excluding hydrogens is 242 g/mol. The van der Waals surface area contributed by atoms with Crippen molar-refractivity contribution in [3.8, 4) is 5.75 Å². The minimum absolute atomic E-state index is 0.161. The second-order valence-corrected chi connectivity index (χ2v) is 5.30. The van der Waals surface area contributed by atoms with E-state index in [0.29, 0.717) is 5.75 Å². The monoisotopic (exact) mass is 265 g/mol. The van der Waals surface area contributed by atoms with Crippen LogP contribution in [0.1, 0.15) is 32.8 Å². The van der Waals surface area contributed by atoms with Gasteiger partial charge >= 0.3 is 5.97 Å². The van der Waals surface area contributed by atoms with Crippen LogP contribution in [0.3, 0.4) is 0 Å². The van der Waals surface area contributed by atoms with E-state index in [9.17, 15) is 4.79 Å². The molecule has 1 aromatic rings. The van der Waals surface area contributed by atoms with Gasteiger partial charge in [0.05, 0.1) is 5.41 Å². The largest absolute Gasteiger partial charge is 0.492 e. The van der Waals surface area contributed by atoms with Gasteiger partial charge in [-0.1, -0.05) is 19.1 Å². The van der Waals surface area contributed by atoms with E-state index in [-0.39, 0.29) is 6.61 Å². The molecule has 4 nitrogen and oxygen atoms in total. The molecule has 0 unspecified atom stereocenters. The highest BCUT2D eigenvalue weighted by molar-refractivity contribution is 5.73. The van der Waals surface area contributed by atoms with Crippen LogP contribution >= 0.6 is 0 Å². The van der Waals surface area contributed by atoms with Crippen molar-refractivity contribution in [1.82, 2.24) is 5.32 Å². The van der Waals surface area contributed by atoms with Gasteiger partial charge in [0.15, 0.2) is 0 Å². The van der Waals surface area contributed by atoms with Gasteiger partial charge < -0.3 is 15.2 Å². The Morgan fingerprint density at radius 1 is 1.42 bits per heavy atom. The number of aliphatic carboxylic acids is 1. The molecule has 0 bridgehead atoms. The van der Waals surface area contributed by atoms with Gasteiger partial charge in [-0.15, -0.1) is 0 Å². The summed E-state index contributed by atoms with van der Waals surface area (Å²) in [5.41, 5.74) is 0.260. The fraction of sp³-hybridized carbons (Fsp3) is 0.533. The number of hydrogen-bond acceptors (Lipinski definition) is 3. The Balaban J connectivity index is 2.55. The predicted molar refractivity (Wildman–Crippen MR) is 75.4 cm³/mol. The van der Waals surface area contributed by atoms with Crippen molar-refractivity contribution < 1.29 is 14.6 Å². The molecule has 19 heavy (non-hydrogen) atoms. The highest BCUT2D eigenvalue weighted by atomic mass is 16.5. The number of hydrogen-bond donors (Lipinski definition) is 2. The SMILES string of the molecule is CCCNCc1cccc(OCC(C)(C)C(=O)O)c1. The highest BCUT2D eigenvalue weighted by Crippen LogP contribution is 2.19. The average Bonchev–Trinajstić information content (AvgIpc) is 2.37. The quantitative estimate of drug-likeness (QED) is 0.709. The Morgan fingerprint density at radius 2 is 2.16 bits per heavy atom. The van der Waals surface area contributed by atoms with E-state index >= 15 is 0 Å². The lowest BCUT2D eigenvalue weighted by molar-refractivity contribution is -0.148. The molecule has 0 amide bonds. The van der Waals surface area contributed by atoms with Crippen LogP contribution in [0.4, 0.5) is 0 Å². The molecular formula is C15H23NO3. The van der Waals surface area contributed by atoms with Crippen molar-refractivity contribution in [2.45, 2.75) is 33.7 Å². The zero-order valence-corrected chi connectivity index (χ0v) is 11.9. The van der Waals surface area contributed by atoms with E-state index in [4.69, 9.17) is 9.84 Å². The van der Waals surface area contributed by atoms with Gasteiger partial charge in [0.2, 0.25) is 0 Å². The molecule has 2 N–H and O–H groups in total. The molecule has 0 fully saturated rings. The maximum absolute atomic E-state index is 11.0. The number of nitrogens with one attached hydrogen (secondary N) is 1. The minimum Gasteiger partial charge on any atom is -0.492 e. The lowest BCUT2D eigenvalue weighted by Gasteiger charge is -2.19. The van der Waals surface area contributed by atoms with Crippen LogP contribution in [-0.4, -0.2) is 24.2 Å². The summed E-state index contributed by atoms with van der Waals surface area (Å²) >= 11 is 0. The van der Waals surface area contributed by atoms with E-state index < -0.39 is 11.4 Å². The summed E-state index contributed by atoms with van der Waals surface area (Å²) in [6.07, 6.45) is 1.10. The first-order chi connectivity index (χ1) is 8.95. The maximum Gasteiger partial charge on any atom is 0.312 e. The molecule has 1 aromatic carbocycles. The van der Waals surface area contributed by atoms with E-state index in [1.54, 1.807) is 13.8 Å². The topological polar surface area (TPSA) is 58.6 Å². The minimum atomic E-state index is -0.879. The molecule has 106 valence electrons. The number of ether oxygens (including phenoxy) is 1. The number of benzene rings is 1. The third kappa shape index (κ3) is 5.30. The Morgan fingerprint density at radius 3 is 2.79 bits per heavy atom. The van der Waals surface area contributed by atoms with Gasteiger partial charge in [-0.05, 0) is 44.5 Å². The number of carbonyl (C=O) groups is 1. The predicted octanol–water partition coefficient (Wildman–Crippen LogP) is 2.68. The van der Waals surface area contributed by atoms with Crippen LogP contribution in [0.15, 0.2) is 24.3 Å². The van der Waals surface area contributed by atoms with Crippen molar-refractivity contribution in [3.05, 3.63) is 29.8 Å². The van der Waals surface area contributed by atoms with Crippen LogP contribution in [-0.2, 0) is 11.3 Å². The van der Waals surface area contributed by atoms with Crippen molar-refractivity contribution >= 4 is 5.97 Å². The van der Waals surface area contributed by atoms with Gasteiger partial charge in [-0.25, -0.2) is 0 Å². The molecule has 0 aliphatic rings. The molecule has 0 aliphatic heterocycles. The fourth-order valence-electron chi connectivity index (χ4n) is 1.48. The Labute approximate surface area is 114 Å². The van der Waals surface area contributed by atoms with Crippen LogP contribution in [0.5, 0.6) is 5.75 Å². The summed E-state index contributed by atoms with van der Waals surface area (Å²) in [5.74, 6) is -0.140. The fourth-order valence-corrected chi connectivity index (χ4v) is 1.48. The van der Waals surface area contributed by atoms with Crippen molar-refractivity contribution in [1.29, 1.82) is 0 Å². The highest BCUT2D eigenvalue weighted by Gasteiger charge is 2.28. The van der Waals surface area contributed by atoms with Crippen LogP contribution in [0.25, 0.3) is 0 Å². The Hall–Kier alpha value is -1.55. The van der Waals surface area contributed by atoms with Crippen LogP contribution in [0, 0.1) is 5.41 Å². The molecule has 0 aliphatic carbocycles. The maximum atomic E-state index is 11.0. The summed E-state index contributed by atoms with van der Waals surface area (Å²) in [4.78, 5) is 11.0. The standard InChI is InChI=1S/C15H23NO3/c1-4-8-16-10-12-6-5-7-13(9-12)19-11-15(2,3)14(17)18/h5-7,9,16H,4,8,10-11H2,1-3H3,(H,17,18). The van der Waals surface area contributed by atoms with Crippen molar-refractivity contribution in [2.75, 3.05) is 13.2 Å². The molecule has 4 heteroatoms. The molecule has 0 atom stereocenters. The number of carboxylic acid groups (broad SMARTS) is 1. The number of carboxylic acids is 1. The van der Waals surface area contributed by atoms with Crippen LogP contribution in [0.2, 0.25) is 0 Å². The normalized spacial score (nSPS) is 11.3. The second kappa shape index (κ2) is 7.14. The summed E-state index contributed by atoms with van der Waals surface area (Å²) < 4.78 is 5.57. The molecule has 0 aromatic heterocycles. The third-order valence-electron chi connectivity index (χ3n) is 2.83. The third-order valence-corrected chi connectivity index (χ3v) is 2.83. The molecule has 0 saturated carbocycles. The second-order valence-electron chi connectivity index (χ2n) is 5.30. The smallest absolute Gasteiger partial charge is 0.312 e. The van der Waals surface area contributed by atoms with Gasteiger partial charge in [0.1, 0.15) is 12.4 Å². The van der Waals surface area contributed by atoms with Gasteiger partial charge in [0, 0.05) is 6.54 Å². The molecule has 0 radical (unpaired) electrons. The van der Waals surface area contributed by atoms with Gasteiger partial charge in [-0.2, -0.15) is 0 Å². The summed E-state index contributed by atoms with van der Waals surface area (Å²) in [7, 11) is 0. The lowest BCUT2D eigenvalue weighted by atomic mass is 9.95. The lowest BCUT2D eigenvalue weighted by Crippen LogP contribution is -2.30. The van der Waals surface area contributed by atoms with E-state index in [1.807, 2.05) is 24.3 Å². The van der Waals surface area contributed by atoms with E-state index in [1.165, 1.54) is 0 Å². The Bertz CT molecular complexity index is 416. The zero-order valence-electron chi connectivity index (χ0n) is 11.9. The van der Waals surface area contributed by atoms with Gasteiger partial charge in [0.25, 0.3) is 0 Å². The first kappa shape index (κ1) is 15.5. The van der Waals surface area contributed by atoms with Crippen LogP contribution < -0.4 is 10.1 Å². The molecule has 0 heterocycles. The first-order valence-corrected chi connectivity index (χ1v) is 6.61. The zero-order chi connectivity index (χ0) is 14.3. The van der Waals surface area contributed by atoms with E-state index in [2.05, 4.69) is 12.2 Å². The summed E-state index contributed by atoms with van der Waals surface area (Å²) in [6.45, 7) is 7.38. The van der Waals surface area contributed by atoms with Crippen molar-refractivity contribution in [3.63, 3.8) is 0 Å². The molecule has 0 saturated heterocycles. The van der Waals surface area contributed by atoms with Crippen molar-refractivity contribution in [2.24, 2.45) is 5.41 Å². The average molecular weight is 265 g/mol. The molecule has 0 spiro atoms. The Kier molecular flexibility index (Phi) is 5.83. The molecule has 1 rings (SSSR count). The number of rotatable bonds is 8. The summed E-state index contributed by atoms with van der Waals surface area (Å²) in [6, 6.07) is 7.74. The summed E-state index contributed by atoms with van der Waals surface area (Å²) in [5, 5.41) is 12.3.